The highest BCUT2D eigenvalue weighted by molar-refractivity contribution is 7.16. The summed E-state index contributed by atoms with van der Waals surface area (Å²) >= 11 is 1.28. The zero-order chi connectivity index (χ0) is 20.3. The molecule has 0 aliphatic heterocycles. The van der Waals surface area contributed by atoms with Crippen LogP contribution in [-0.4, -0.2) is 9.51 Å². The molecule has 3 nitrogen and oxygen atoms in total. The first-order chi connectivity index (χ1) is 13.4. The quantitative estimate of drug-likeness (QED) is 0.352. The molecule has 0 bridgehead atoms. The normalized spacial score (nSPS) is 11.2. The number of hydrogen-bond donors (Lipinski definition) is 1. The molecule has 0 amide bonds. The monoisotopic (exact) mass is 403 g/mol. The second-order valence-corrected chi connectivity index (χ2v) is 7.74. The first-order valence-corrected chi connectivity index (χ1v) is 10.3. The number of nitrogens with zero attached hydrogens (tertiary/aromatic N) is 1. The minimum absolute atomic E-state index is 0.211. The number of aliphatic hydroxyl groups is 1. The van der Waals surface area contributed by atoms with Crippen molar-refractivity contribution in [1.82, 2.24) is 4.40 Å². The number of benzene rings is 1. The summed E-state index contributed by atoms with van der Waals surface area (Å²) in [5, 5.41) is 11.5. The van der Waals surface area contributed by atoms with Gasteiger partial charge < -0.3 is 5.11 Å². The van der Waals surface area contributed by atoms with Crippen molar-refractivity contribution < 1.29 is 13.9 Å². The van der Waals surface area contributed by atoms with Gasteiger partial charge in [0.25, 0.3) is 5.56 Å². The topological polar surface area (TPSA) is 41.7 Å². The number of aryl methyl sites for hydroxylation is 1. The molecule has 0 atom stereocenters. The number of halogens is 2. The molecule has 0 saturated heterocycles. The van der Waals surface area contributed by atoms with Crippen LogP contribution in [0.1, 0.15) is 50.3 Å². The number of rotatable bonds is 8. The van der Waals surface area contributed by atoms with E-state index in [2.05, 4.69) is 13.5 Å². The van der Waals surface area contributed by atoms with E-state index in [-0.39, 0.29) is 11.3 Å². The third-order valence-corrected chi connectivity index (χ3v) is 5.78. The van der Waals surface area contributed by atoms with Crippen LogP contribution in [0, 0.1) is 11.6 Å². The Kier molecular flexibility index (Phi) is 6.29. The fourth-order valence-corrected chi connectivity index (χ4v) is 4.54. The van der Waals surface area contributed by atoms with E-state index in [9.17, 15) is 18.7 Å². The number of aromatic nitrogens is 1. The van der Waals surface area contributed by atoms with Crippen LogP contribution in [0.4, 0.5) is 8.78 Å². The largest absolute Gasteiger partial charge is 0.506 e. The molecule has 0 unspecified atom stereocenters. The Labute approximate surface area is 166 Å². The molecule has 0 aliphatic carbocycles. The van der Waals surface area contributed by atoms with E-state index in [0.29, 0.717) is 28.1 Å². The lowest BCUT2D eigenvalue weighted by atomic mass is 9.97. The summed E-state index contributed by atoms with van der Waals surface area (Å²) in [5.41, 5.74) is 2.06. The van der Waals surface area contributed by atoms with E-state index in [1.165, 1.54) is 34.3 Å². The zero-order valence-electron chi connectivity index (χ0n) is 15.8. The minimum atomic E-state index is -0.931. The van der Waals surface area contributed by atoms with Crippen molar-refractivity contribution >= 4 is 21.9 Å². The van der Waals surface area contributed by atoms with Gasteiger partial charge in [-0.05, 0) is 36.1 Å². The maximum Gasteiger partial charge on any atom is 0.256 e. The smallest absolute Gasteiger partial charge is 0.256 e. The van der Waals surface area contributed by atoms with Gasteiger partial charge in [0, 0.05) is 17.0 Å². The summed E-state index contributed by atoms with van der Waals surface area (Å²) in [6.07, 6.45) is 6.09. The number of hydrogen-bond acceptors (Lipinski definition) is 3. The van der Waals surface area contributed by atoms with E-state index in [4.69, 9.17) is 0 Å². The summed E-state index contributed by atoms with van der Waals surface area (Å²) in [6.45, 7) is 5.66. The molecule has 2 heterocycles. The van der Waals surface area contributed by atoms with Crippen molar-refractivity contribution in [3.63, 3.8) is 0 Å². The standard InChI is InChI=1S/C22H23F2NO2S/c1-3-4-5-6-7-8-15-12-20(27)25-19(14(2)26)13-28-22(25)21(15)16-9-10-17(23)18(24)11-16/h9-13,26H,2-8H2,1H3. The predicted octanol–water partition coefficient (Wildman–Crippen LogP) is 6.35. The summed E-state index contributed by atoms with van der Waals surface area (Å²) in [4.78, 5) is 13.3. The Bertz CT molecular complexity index is 1070. The molecule has 148 valence electrons. The van der Waals surface area contributed by atoms with Gasteiger partial charge in [-0.2, -0.15) is 0 Å². The molecule has 6 heteroatoms. The van der Waals surface area contributed by atoms with Gasteiger partial charge in [-0.3, -0.25) is 9.20 Å². The number of fused-ring (bicyclic) bond motifs is 1. The van der Waals surface area contributed by atoms with Crippen LogP contribution in [0.5, 0.6) is 0 Å². The fraction of sp³-hybridized carbons (Fsp3) is 0.318. The van der Waals surface area contributed by atoms with Crippen molar-refractivity contribution in [3.8, 4) is 11.1 Å². The van der Waals surface area contributed by atoms with Crippen LogP contribution in [0.2, 0.25) is 0 Å². The summed E-state index contributed by atoms with van der Waals surface area (Å²) in [7, 11) is 0. The zero-order valence-corrected chi connectivity index (χ0v) is 16.6. The summed E-state index contributed by atoms with van der Waals surface area (Å²) in [5.74, 6) is -2.05. The second-order valence-electron chi connectivity index (χ2n) is 6.88. The maximum atomic E-state index is 13.9. The van der Waals surface area contributed by atoms with Gasteiger partial charge in [-0.1, -0.05) is 45.3 Å². The van der Waals surface area contributed by atoms with E-state index in [1.54, 1.807) is 5.38 Å². The molecule has 3 rings (SSSR count). The SMILES string of the molecule is C=C(O)c1csc2c(-c3ccc(F)c(F)c3)c(CCCCCCC)cc(=O)n12. The molecule has 28 heavy (non-hydrogen) atoms. The molecule has 2 aromatic heterocycles. The Morgan fingerprint density at radius 3 is 2.57 bits per heavy atom. The Morgan fingerprint density at radius 1 is 1.14 bits per heavy atom. The molecular weight excluding hydrogens is 380 g/mol. The highest BCUT2D eigenvalue weighted by atomic mass is 32.1. The second kappa shape index (κ2) is 8.69. The number of aliphatic hydroxyl groups excluding tert-OH is 1. The Morgan fingerprint density at radius 2 is 1.89 bits per heavy atom. The number of thiazole rings is 1. The van der Waals surface area contributed by atoms with Crippen molar-refractivity contribution in [1.29, 1.82) is 0 Å². The lowest BCUT2D eigenvalue weighted by molar-refractivity contribution is 0.509. The molecule has 0 spiro atoms. The van der Waals surface area contributed by atoms with Gasteiger partial charge in [-0.15, -0.1) is 11.3 Å². The average molecular weight is 403 g/mol. The molecule has 0 radical (unpaired) electrons. The van der Waals surface area contributed by atoms with E-state index in [0.717, 1.165) is 43.4 Å². The molecule has 1 N–H and O–H groups in total. The van der Waals surface area contributed by atoms with Gasteiger partial charge in [-0.25, -0.2) is 8.78 Å². The minimum Gasteiger partial charge on any atom is -0.506 e. The third-order valence-electron chi connectivity index (χ3n) is 4.83. The maximum absolute atomic E-state index is 13.9. The van der Waals surface area contributed by atoms with Crippen LogP contribution >= 0.6 is 11.3 Å². The highest BCUT2D eigenvalue weighted by Gasteiger charge is 2.18. The Hall–Kier alpha value is -2.47. The first-order valence-electron chi connectivity index (χ1n) is 9.43. The van der Waals surface area contributed by atoms with Gasteiger partial charge in [0.15, 0.2) is 11.6 Å². The first kappa shape index (κ1) is 20.3. The van der Waals surface area contributed by atoms with Crippen LogP contribution in [-0.2, 0) is 6.42 Å². The fourth-order valence-electron chi connectivity index (χ4n) is 3.41. The van der Waals surface area contributed by atoms with Crippen molar-refractivity contribution in [2.75, 3.05) is 0 Å². The van der Waals surface area contributed by atoms with Crippen molar-refractivity contribution in [2.45, 2.75) is 45.4 Å². The van der Waals surface area contributed by atoms with E-state index >= 15 is 0 Å². The van der Waals surface area contributed by atoms with E-state index < -0.39 is 11.6 Å². The molecule has 0 fully saturated rings. The van der Waals surface area contributed by atoms with Crippen LogP contribution < -0.4 is 5.56 Å². The van der Waals surface area contributed by atoms with Gasteiger partial charge in [0.2, 0.25) is 0 Å². The molecule has 1 aromatic carbocycles. The summed E-state index contributed by atoms with van der Waals surface area (Å²) < 4.78 is 28.7. The van der Waals surface area contributed by atoms with Crippen LogP contribution in [0.3, 0.4) is 0 Å². The lowest BCUT2D eigenvalue weighted by Crippen LogP contribution is -2.16. The number of unbranched alkanes of at least 4 members (excludes halogenated alkanes) is 4. The number of pyridine rings is 1. The molecular formula is C22H23F2NO2S. The third kappa shape index (κ3) is 4.02. The molecule has 0 saturated carbocycles. The van der Waals surface area contributed by atoms with Crippen LogP contribution in [0.15, 0.2) is 41.0 Å². The van der Waals surface area contributed by atoms with Crippen LogP contribution in [0.25, 0.3) is 21.7 Å². The summed E-state index contributed by atoms with van der Waals surface area (Å²) in [6, 6.07) is 5.30. The van der Waals surface area contributed by atoms with Gasteiger partial charge in [0.05, 0.1) is 0 Å². The Balaban J connectivity index is 2.14. The van der Waals surface area contributed by atoms with Gasteiger partial charge >= 0.3 is 0 Å². The average Bonchev–Trinajstić information content (AvgIpc) is 3.10. The van der Waals surface area contributed by atoms with Crippen molar-refractivity contribution in [2.24, 2.45) is 0 Å². The highest BCUT2D eigenvalue weighted by Crippen LogP contribution is 2.34. The van der Waals surface area contributed by atoms with Gasteiger partial charge in [0.1, 0.15) is 16.3 Å². The van der Waals surface area contributed by atoms with E-state index in [1.807, 2.05) is 0 Å². The lowest BCUT2D eigenvalue weighted by Gasteiger charge is -2.13. The molecule has 0 aliphatic rings. The van der Waals surface area contributed by atoms with Crippen molar-refractivity contribution in [3.05, 3.63) is 69.5 Å². The molecule has 3 aromatic rings. The predicted molar refractivity (Wildman–Crippen MR) is 111 cm³/mol.